The SMILES string of the molecule is CCNC1CCCC1n1cccn1. The fraction of sp³-hybridized carbons (Fsp3) is 0.700. The van der Waals surface area contributed by atoms with Crippen LogP contribution in [0.3, 0.4) is 0 Å². The van der Waals surface area contributed by atoms with Crippen LogP contribution < -0.4 is 5.32 Å². The van der Waals surface area contributed by atoms with Gasteiger partial charge in [-0.3, -0.25) is 4.68 Å². The Labute approximate surface area is 79.1 Å². The molecule has 2 unspecified atom stereocenters. The van der Waals surface area contributed by atoms with Crippen LogP contribution in [-0.4, -0.2) is 22.4 Å². The van der Waals surface area contributed by atoms with Gasteiger partial charge >= 0.3 is 0 Å². The van der Waals surface area contributed by atoms with Crippen LogP contribution in [-0.2, 0) is 0 Å². The monoisotopic (exact) mass is 179 g/mol. The molecule has 1 aromatic rings. The zero-order valence-corrected chi connectivity index (χ0v) is 8.11. The Hall–Kier alpha value is -0.830. The largest absolute Gasteiger partial charge is 0.312 e. The molecule has 0 radical (unpaired) electrons. The Morgan fingerprint density at radius 3 is 3.15 bits per heavy atom. The summed E-state index contributed by atoms with van der Waals surface area (Å²) in [6, 6.07) is 3.21. The lowest BCUT2D eigenvalue weighted by Crippen LogP contribution is -2.33. The summed E-state index contributed by atoms with van der Waals surface area (Å²) >= 11 is 0. The number of nitrogens with zero attached hydrogens (tertiary/aromatic N) is 2. The van der Waals surface area contributed by atoms with E-state index < -0.39 is 0 Å². The van der Waals surface area contributed by atoms with Crippen LogP contribution in [0.1, 0.15) is 32.2 Å². The van der Waals surface area contributed by atoms with Crippen LogP contribution in [0.15, 0.2) is 18.5 Å². The van der Waals surface area contributed by atoms with Crippen LogP contribution in [0.5, 0.6) is 0 Å². The van der Waals surface area contributed by atoms with Gasteiger partial charge in [-0.15, -0.1) is 0 Å². The number of likely N-dealkylation sites (N-methyl/N-ethyl adjacent to an activating group) is 1. The first-order valence-corrected chi connectivity index (χ1v) is 5.14. The molecule has 1 N–H and O–H groups in total. The average Bonchev–Trinajstić information content (AvgIpc) is 2.71. The van der Waals surface area contributed by atoms with Crippen LogP contribution in [0.25, 0.3) is 0 Å². The lowest BCUT2D eigenvalue weighted by Gasteiger charge is -2.20. The van der Waals surface area contributed by atoms with Crippen molar-refractivity contribution in [2.45, 2.75) is 38.3 Å². The fourth-order valence-corrected chi connectivity index (χ4v) is 2.23. The highest BCUT2D eigenvalue weighted by Gasteiger charge is 2.27. The Balaban J connectivity index is 2.05. The average molecular weight is 179 g/mol. The second-order valence-corrected chi connectivity index (χ2v) is 3.65. The molecule has 3 heteroatoms. The van der Waals surface area contributed by atoms with Crippen LogP contribution >= 0.6 is 0 Å². The van der Waals surface area contributed by atoms with Crippen molar-refractivity contribution in [1.82, 2.24) is 15.1 Å². The van der Waals surface area contributed by atoms with Gasteiger partial charge in [0.1, 0.15) is 0 Å². The van der Waals surface area contributed by atoms with Gasteiger partial charge in [-0.25, -0.2) is 0 Å². The highest BCUT2D eigenvalue weighted by Crippen LogP contribution is 2.29. The first-order valence-electron chi connectivity index (χ1n) is 5.14. The summed E-state index contributed by atoms with van der Waals surface area (Å²) in [5.74, 6) is 0. The maximum Gasteiger partial charge on any atom is 0.0672 e. The molecular weight excluding hydrogens is 162 g/mol. The first-order chi connectivity index (χ1) is 6.42. The predicted molar refractivity (Wildman–Crippen MR) is 52.6 cm³/mol. The van der Waals surface area contributed by atoms with Crippen molar-refractivity contribution in [2.75, 3.05) is 6.54 Å². The summed E-state index contributed by atoms with van der Waals surface area (Å²) in [5, 5.41) is 7.83. The molecule has 1 fully saturated rings. The van der Waals surface area contributed by atoms with Gasteiger partial charge < -0.3 is 5.32 Å². The summed E-state index contributed by atoms with van der Waals surface area (Å²) in [7, 11) is 0. The summed E-state index contributed by atoms with van der Waals surface area (Å²) in [6.45, 7) is 3.22. The minimum absolute atomic E-state index is 0.579. The fourth-order valence-electron chi connectivity index (χ4n) is 2.23. The molecule has 2 atom stereocenters. The zero-order chi connectivity index (χ0) is 9.10. The number of aromatic nitrogens is 2. The third-order valence-corrected chi connectivity index (χ3v) is 2.81. The van der Waals surface area contributed by atoms with Crippen molar-refractivity contribution in [1.29, 1.82) is 0 Å². The molecule has 1 heterocycles. The molecule has 0 aromatic carbocycles. The van der Waals surface area contributed by atoms with Gasteiger partial charge in [0.05, 0.1) is 6.04 Å². The van der Waals surface area contributed by atoms with Crippen molar-refractivity contribution in [3.63, 3.8) is 0 Å². The van der Waals surface area contributed by atoms with Crippen molar-refractivity contribution >= 4 is 0 Å². The summed E-state index contributed by atoms with van der Waals surface area (Å²) in [5.41, 5.74) is 0. The third kappa shape index (κ3) is 1.75. The van der Waals surface area contributed by atoms with E-state index in [0.717, 1.165) is 6.54 Å². The van der Waals surface area contributed by atoms with Gasteiger partial charge in [-0.1, -0.05) is 6.92 Å². The molecule has 1 aromatic heterocycles. The molecular formula is C10H17N3. The molecule has 72 valence electrons. The number of hydrogen-bond acceptors (Lipinski definition) is 2. The topological polar surface area (TPSA) is 29.9 Å². The maximum atomic E-state index is 4.31. The van der Waals surface area contributed by atoms with E-state index in [1.807, 2.05) is 12.3 Å². The summed E-state index contributed by atoms with van der Waals surface area (Å²) < 4.78 is 2.10. The van der Waals surface area contributed by atoms with Crippen molar-refractivity contribution in [3.8, 4) is 0 Å². The molecule has 0 bridgehead atoms. The first kappa shape index (κ1) is 8.75. The molecule has 0 saturated heterocycles. The van der Waals surface area contributed by atoms with E-state index in [1.54, 1.807) is 0 Å². The minimum Gasteiger partial charge on any atom is -0.312 e. The number of nitrogens with one attached hydrogen (secondary N) is 1. The zero-order valence-electron chi connectivity index (χ0n) is 8.11. The van der Waals surface area contributed by atoms with Gasteiger partial charge in [0, 0.05) is 18.4 Å². The summed E-state index contributed by atoms with van der Waals surface area (Å²) in [6.07, 6.45) is 7.81. The van der Waals surface area contributed by atoms with Crippen LogP contribution in [0, 0.1) is 0 Å². The molecule has 1 saturated carbocycles. The Morgan fingerprint density at radius 2 is 2.46 bits per heavy atom. The normalized spacial score (nSPS) is 28.1. The van der Waals surface area contributed by atoms with Crippen LogP contribution in [0.4, 0.5) is 0 Å². The van der Waals surface area contributed by atoms with Gasteiger partial charge in [-0.05, 0) is 31.9 Å². The van der Waals surface area contributed by atoms with E-state index in [-0.39, 0.29) is 0 Å². The molecule has 0 amide bonds. The van der Waals surface area contributed by atoms with Gasteiger partial charge in [0.15, 0.2) is 0 Å². The van der Waals surface area contributed by atoms with Gasteiger partial charge in [0.2, 0.25) is 0 Å². The second-order valence-electron chi connectivity index (χ2n) is 3.65. The lowest BCUT2D eigenvalue weighted by molar-refractivity contribution is 0.371. The molecule has 0 aliphatic heterocycles. The van der Waals surface area contributed by atoms with Gasteiger partial charge in [0.25, 0.3) is 0 Å². The van der Waals surface area contributed by atoms with E-state index >= 15 is 0 Å². The smallest absolute Gasteiger partial charge is 0.0672 e. The molecule has 1 aliphatic rings. The van der Waals surface area contributed by atoms with Crippen LogP contribution in [0.2, 0.25) is 0 Å². The van der Waals surface area contributed by atoms with E-state index in [1.165, 1.54) is 19.3 Å². The molecule has 3 nitrogen and oxygen atoms in total. The second kappa shape index (κ2) is 3.92. The Bertz CT molecular complexity index is 243. The third-order valence-electron chi connectivity index (χ3n) is 2.81. The quantitative estimate of drug-likeness (QED) is 0.763. The molecule has 2 rings (SSSR count). The number of rotatable bonds is 3. The summed E-state index contributed by atoms with van der Waals surface area (Å²) in [4.78, 5) is 0. The molecule has 13 heavy (non-hydrogen) atoms. The Kier molecular flexibility index (Phi) is 2.64. The highest BCUT2D eigenvalue weighted by molar-refractivity contribution is 4.90. The van der Waals surface area contributed by atoms with Gasteiger partial charge in [-0.2, -0.15) is 5.10 Å². The lowest BCUT2D eigenvalue weighted by atomic mass is 10.2. The molecule has 0 spiro atoms. The van der Waals surface area contributed by atoms with E-state index in [0.29, 0.717) is 12.1 Å². The maximum absolute atomic E-state index is 4.31. The van der Waals surface area contributed by atoms with E-state index in [9.17, 15) is 0 Å². The van der Waals surface area contributed by atoms with Crippen molar-refractivity contribution < 1.29 is 0 Å². The highest BCUT2D eigenvalue weighted by atomic mass is 15.3. The van der Waals surface area contributed by atoms with Crippen molar-refractivity contribution in [3.05, 3.63) is 18.5 Å². The standard InChI is InChI=1S/C10H17N3/c1-2-11-9-5-3-6-10(9)13-8-4-7-12-13/h4,7-11H,2-3,5-6H2,1H3. The number of hydrogen-bond donors (Lipinski definition) is 1. The minimum atomic E-state index is 0.579. The Morgan fingerprint density at radius 1 is 1.54 bits per heavy atom. The predicted octanol–water partition coefficient (Wildman–Crippen LogP) is 1.59. The van der Waals surface area contributed by atoms with E-state index in [2.05, 4.69) is 28.2 Å². The van der Waals surface area contributed by atoms with E-state index in [4.69, 9.17) is 0 Å². The molecule has 1 aliphatic carbocycles. The van der Waals surface area contributed by atoms with Crippen molar-refractivity contribution in [2.24, 2.45) is 0 Å².